The molecule has 6 heteroatoms. The van der Waals surface area contributed by atoms with Gasteiger partial charge in [-0.05, 0) is 6.42 Å². The Bertz CT molecular complexity index is 394. The third-order valence-corrected chi connectivity index (χ3v) is 3.79. The maximum Gasteiger partial charge on any atom is 0.245 e. The van der Waals surface area contributed by atoms with E-state index in [1.165, 1.54) is 31.3 Å². The summed E-state index contributed by atoms with van der Waals surface area (Å²) in [7, 11) is 1.89. The van der Waals surface area contributed by atoms with Crippen molar-refractivity contribution in [3.05, 3.63) is 4.80 Å². The second-order valence-corrected chi connectivity index (χ2v) is 4.93. The van der Waals surface area contributed by atoms with Crippen molar-refractivity contribution < 1.29 is 4.79 Å². The zero-order chi connectivity index (χ0) is 11.3. The van der Waals surface area contributed by atoms with Crippen molar-refractivity contribution in [2.45, 2.75) is 31.8 Å². The zero-order valence-electron chi connectivity index (χ0n) is 9.19. The average molecular weight is 245 g/mol. The molecule has 15 heavy (non-hydrogen) atoms. The van der Waals surface area contributed by atoms with Gasteiger partial charge in [-0.2, -0.15) is 9.37 Å². The van der Waals surface area contributed by atoms with E-state index in [4.69, 9.17) is 0 Å². The van der Waals surface area contributed by atoms with E-state index >= 15 is 0 Å². The summed E-state index contributed by atoms with van der Waals surface area (Å²) in [6, 6.07) is 0. The van der Waals surface area contributed by atoms with Crippen LogP contribution in [-0.4, -0.2) is 20.6 Å². The van der Waals surface area contributed by atoms with Crippen LogP contribution in [0.1, 0.15) is 26.7 Å². The Balaban J connectivity index is 2.76. The first kappa shape index (κ1) is 12.4. The number of carbonyl (C=O) groups is 1. The number of aromatic nitrogens is 2. The topological polar surface area (TPSA) is 47.2 Å². The Morgan fingerprint density at radius 3 is 3.00 bits per heavy atom. The van der Waals surface area contributed by atoms with Crippen molar-refractivity contribution in [3.8, 4) is 0 Å². The summed E-state index contributed by atoms with van der Waals surface area (Å²) in [6.45, 7) is 3.61. The first-order valence-electron chi connectivity index (χ1n) is 4.86. The van der Waals surface area contributed by atoms with Crippen LogP contribution < -0.4 is 4.80 Å². The minimum atomic E-state index is -0.181. The number of rotatable bonds is 4. The van der Waals surface area contributed by atoms with Gasteiger partial charge in [-0.1, -0.05) is 25.1 Å². The summed E-state index contributed by atoms with van der Waals surface area (Å²) in [5, 5.41) is 0.938. The molecule has 0 aromatic carbocycles. The highest BCUT2D eigenvalue weighted by atomic mass is 32.2. The van der Waals surface area contributed by atoms with Crippen LogP contribution in [-0.2, 0) is 11.8 Å². The van der Waals surface area contributed by atoms with Crippen molar-refractivity contribution in [1.29, 1.82) is 0 Å². The number of carbonyl (C=O) groups excluding carboxylic acids is 1. The number of amides is 1. The van der Waals surface area contributed by atoms with E-state index in [9.17, 15) is 4.79 Å². The molecule has 0 atom stereocenters. The van der Waals surface area contributed by atoms with Crippen LogP contribution in [0.25, 0.3) is 0 Å². The monoisotopic (exact) mass is 245 g/mol. The summed E-state index contributed by atoms with van der Waals surface area (Å²) < 4.78 is 6.13. The number of thioether (sulfide) groups is 1. The molecular weight excluding hydrogens is 230 g/mol. The Hall–Kier alpha value is -0.620. The largest absolute Gasteiger partial charge is 0.298 e. The van der Waals surface area contributed by atoms with Gasteiger partial charge in [0, 0.05) is 31.3 Å². The van der Waals surface area contributed by atoms with Gasteiger partial charge in [0.05, 0.1) is 0 Å². The van der Waals surface area contributed by atoms with E-state index in [2.05, 4.69) is 16.3 Å². The Morgan fingerprint density at radius 2 is 2.40 bits per heavy atom. The lowest BCUT2D eigenvalue weighted by Crippen LogP contribution is -2.13. The minimum absolute atomic E-state index is 0.181. The van der Waals surface area contributed by atoms with Gasteiger partial charge in [0.2, 0.25) is 10.7 Å². The van der Waals surface area contributed by atoms with E-state index < -0.39 is 0 Å². The zero-order valence-corrected chi connectivity index (χ0v) is 10.8. The Kier molecular flexibility index (Phi) is 5.04. The van der Waals surface area contributed by atoms with Crippen molar-refractivity contribution in [1.82, 2.24) is 8.94 Å². The molecule has 0 aliphatic rings. The maximum absolute atomic E-state index is 10.8. The smallest absolute Gasteiger partial charge is 0.245 e. The molecule has 0 fully saturated rings. The lowest BCUT2D eigenvalue weighted by molar-refractivity contribution is -0.116. The van der Waals surface area contributed by atoms with Gasteiger partial charge in [0.25, 0.3) is 0 Å². The highest BCUT2D eigenvalue weighted by Gasteiger charge is 2.04. The molecule has 1 amide bonds. The fourth-order valence-electron chi connectivity index (χ4n) is 0.945. The van der Waals surface area contributed by atoms with E-state index in [0.29, 0.717) is 4.80 Å². The molecule has 0 unspecified atom stereocenters. The van der Waals surface area contributed by atoms with E-state index in [-0.39, 0.29) is 5.91 Å². The van der Waals surface area contributed by atoms with Crippen LogP contribution in [0.3, 0.4) is 0 Å². The SMILES string of the molecule is CCCCSc1nsc(=NC(C)=O)n1C. The second kappa shape index (κ2) is 6.07. The van der Waals surface area contributed by atoms with Gasteiger partial charge < -0.3 is 0 Å². The first-order chi connectivity index (χ1) is 7.15. The number of unbranched alkanes of at least 4 members (excludes halogenated alkanes) is 1. The normalized spacial score (nSPS) is 12.1. The molecule has 0 aliphatic heterocycles. The summed E-state index contributed by atoms with van der Waals surface area (Å²) in [5.41, 5.74) is 0. The van der Waals surface area contributed by atoms with E-state index in [1.807, 2.05) is 11.6 Å². The first-order valence-corrected chi connectivity index (χ1v) is 6.61. The van der Waals surface area contributed by atoms with Gasteiger partial charge in [-0.15, -0.1) is 0 Å². The molecule has 0 N–H and O–H groups in total. The van der Waals surface area contributed by atoms with Gasteiger partial charge in [-0.3, -0.25) is 9.36 Å². The van der Waals surface area contributed by atoms with Crippen LogP contribution in [0.4, 0.5) is 0 Å². The molecule has 1 aromatic rings. The predicted octanol–water partition coefficient (Wildman–Crippen LogP) is 1.82. The molecule has 0 bridgehead atoms. The summed E-state index contributed by atoms with van der Waals surface area (Å²) in [6.07, 6.45) is 2.37. The highest BCUT2D eigenvalue weighted by molar-refractivity contribution is 7.99. The van der Waals surface area contributed by atoms with Gasteiger partial charge in [-0.25, -0.2) is 0 Å². The van der Waals surface area contributed by atoms with Gasteiger partial charge in [0.15, 0.2) is 5.16 Å². The van der Waals surface area contributed by atoms with Gasteiger partial charge in [0.1, 0.15) is 0 Å². The molecule has 0 spiro atoms. The molecule has 0 saturated carbocycles. The number of hydrogen-bond acceptors (Lipinski definition) is 4. The molecule has 1 heterocycles. The van der Waals surface area contributed by atoms with Crippen LogP contribution in [0.15, 0.2) is 10.1 Å². The summed E-state index contributed by atoms with van der Waals surface area (Å²) in [5.74, 6) is 0.882. The lowest BCUT2D eigenvalue weighted by atomic mass is 10.4. The summed E-state index contributed by atoms with van der Waals surface area (Å²) in [4.78, 5) is 15.4. The van der Waals surface area contributed by atoms with Crippen LogP contribution in [0, 0.1) is 0 Å². The van der Waals surface area contributed by atoms with Crippen molar-refractivity contribution in [2.24, 2.45) is 12.0 Å². The number of nitrogens with zero attached hydrogens (tertiary/aromatic N) is 3. The molecule has 84 valence electrons. The van der Waals surface area contributed by atoms with E-state index in [0.717, 1.165) is 10.9 Å². The van der Waals surface area contributed by atoms with Crippen LogP contribution >= 0.6 is 23.3 Å². The predicted molar refractivity (Wildman–Crippen MR) is 63.0 cm³/mol. The second-order valence-electron chi connectivity index (χ2n) is 3.14. The molecule has 0 radical (unpaired) electrons. The minimum Gasteiger partial charge on any atom is -0.298 e. The Labute approximate surface area is 97.6 Å². The lowest BCUT2D eigenvalue weighted by Gasteiger charge is -1.98. The molecule has 1 aromatic heterocycles. The molecule has 4 nitrogen and oxygen atoms in total. The summed E-state index contributed by atoms with van der Waals surface area (Å²) >= 11 is 2.98. The van der Waals surface area contributed by atoms with Crippen molar-refractivity contribution in [3.63, 3.8) is 0 Å². The average Bonchev–Trinajstić information content (AvgIpc) is 2.49. The van der Waals surface area contributed by atoms with Gasteiger partial charge >= 0.3 is 0 Å². The molecule has 0 saturated heterocycles. The third-order valence-electron chi connectivity index (χ3n) is 1.76. The highest BCUT2D eigenvalue weighted by Crippen LogP contribution is 2.15. The number of hydrogen-bond donors (Lipinski definition) is 0. The fraction of sp³-hybridized carbons (Fsp3) is 0.667. The molecule has 0 aliphatic carbocycles. The van der Waals surface area contributed by atoms with Crippen molar-refractivity contribution in [2.75, 3.05) is 5.75 Å². The van der Waals surface area contributed by atoms with Crippen LogP contribution in [0.5, 0.6) is 0 Å². The Morgan fingerprint density at radius 1 is 1.67 bits per heavy atom. The fourth-order valence-corrected chi connectivity index (χ4v) is 2.88. The standard InChI is InChI=1S/C9H15N3OS2/c1-4-5-6-14-9-11-15-8(12(9)3)10-7(2)13/h4-6H2,1-3H3. The third kappa shape index (κ3) is 3.79. The van der Waals surface area contributed by atoms with Crippen molar-refractivity contribution >= 4 is 29.2 Å². The molecular formula is C9H15N3OS2. The quantitative estimate of drug-likeness (QED) is 0.600. The van der Waals surface area contributed by atoms with Crippen LogP contribution in [0.2, 0.25) is 0 Å². The maximum atomic E-state index is 10.8. The molecule has 1 rings (SSSR count). The van der Waals surface area contributed by atoms with E-state index in [1.54, 1.807) is 11.8 Å².